The van der Waals surface area contributed by atoms with Gasteiger partial charge in [-0.2, -0.15) is 18.3 Å². The van der Waals surface area contributed by atoms with Crippen LogP contribution in [0, 0.1) is 17.7 Å². The number of pyridine rings is 1. The number of benzene rings is 2. The van der Waals surface area contributed by atoms with Gasteiger partial charge < -0.3 is 14.7 Å². The molecular weight excluding hydrogens is 580 g/mol. The van der Waals surface area contributed by atoms with E-state index in [-0.39, 0.29) is 29.6 Å². The topological polar surface area (TPSA) is 97.6 Å². The lowest BCUT2D eigenvalue weighted by Crippen LogP contribution is -2.43. The number of carbonyl (C=O) groups excluding carboxylic acids is 1. The largest absolute Gasteiger partial charge is 0.478 e. The van der Waals surface area contributed by atoms with Crippen molar-refractivity contribution < 1.29 is 37.0 Å². The Balaban J connectivity index is 1.48. The molecule has 0 unspecified atom stereocenters. The van der Waals surface area contributed by atoms with Crippen molar-refractivity contribution in [2.75, 3.05) is 4.90 Å². The van der Waals surface area contributed by atoms with Crippen LogP contribution in [0.3, 0.4) is 0 Å². The quantitative estimate of drug-likeness (QED) is 0.205. The van der Waals surface area contributed by atoms with Gasteiger partial charge in [-0.25, -0.2) is 14.2 Å². The molecule has 0 atom stereocenters. The summed E-state index contributed by atoms with van der Waals surface area (Å²) in [7, 11) is 0. The Labute approximate surface area is 251 Å². The lowest BCUT2D eigenvalue weighted by molar-refractivity contribution is -0.139. The fourth-order valence-electron chi connectivity index (χ4n) is 5.64. The van der Waals surface area contributed by atoms with Gasteiger partial charge in [0.15, 0.2) is 11.6 Å². The molecule has 2 heterocycles. The molecule has 1 N–H and O–H groups in total. The molecule has 0 radical (unpaired) electrons. The van der Waals surface area contributed by atoms with E-state index in [9.17, 15) is 27.9 Å². The summed E-state index contributed by atoms with van der Waals surface area (Å²) < 4.78 is 64.8. The highest BCUT2D eigenvalue weighted by molar-refractivity contribution is 6.03. The maximum absolute atomic E-state index is 15.5. The second kappa shape index (κ2) is 12.3. The minimum atomic E-state index is -4.92. The van der Waals surface area contributed by atoms with Crippen molar-refractivity contribution in [3.63, 3.8) is 0 Å². The zero-order valence-electron chi connectivity index (χ0n) is 24.4. The fourth-order valence-corrected chi connectivity index (χ4v) is 5.64. The number of aromatic nitrogens is 3. The molecule has 5 rings (SSSR count). The van der Waals surface area contributed by atoms with E-state index in [0.29, 0.717) is 18.8 Å². The molecule has 0 aliphatic heterocycles. The Kier molecular flexibility index (Phi) is 8.62. The second-order valence-corrected chi connectivity index (χ2v) is 11.5. The molecule has 1 fully saturated rings. The van der Waals surface area contributed by atoms with Crippen LogP contribution in [0.25, 0.3) is 10.9 Å². The molecule has 1 saturated carbocycles. The Hall–Kier alpha value is -4.48. The first-order valence-electron chi connectivity index (χ1n) is 14.4. The van der Waals surface area contributed by atoms with E-state index in [1.807, 2.05) is 12.1 Å². The molecule has 12 heteroatoms. The standard InChI is InChI=1S/C32H32F4N4O4/c1-18(2)40(30(41)21-10-8-19(3)9-11-21)27-14-25(33)28(13-23(27)31(42)43)44-29-24(32(34,35)36)12-20(15-37-29)17-39-26-7-5-4-6-22(26)16-38-39/h4-7,12-16,18-19,21H,8-11,17H2,1-3H3,(H,42,43). The molecule has 1 aliphatic carbocycles. The number of halogens is 4. The number of nitrogens with zero attached hydrogens (tertiary/aromatic N) is 4. The number of carboxylic acids is 1. The van der Waals surface area contributed by atoms with E-state index in [1.54, 1.807) is 32.2 Å². The zero-order valence-corrected chi connectivity index (χ0v) is 24.4. The number of hydrogen-bond acceptors (Lipinski definition) is 5. The molecule has 1 aliphatic rings. The average molecular weight is 613 g/mol. The van der Waals surface area contributed by atoms with Crippen LogP contribution in [0.15, 0.2) is 54.9 Å². The van der Waals surface area contributed by atoms with Crippen LogP contribution in [-0.4, -0.2) is 37.8 Å². The summed E-state index contributed by atoms with van der Waals surface area (Å²) in [4.78, 5) is 30.9. The number of fused-ring (bicyclic) bond motifs is 1. The maximum Gasteiger partial charge on any atom is 0.421 e. The summed E-state index contributed by atoms with van der Waals surface area (Å²) in [5.74, 6) is -4.52. The van der Waals surface area contributed by atoms with Gasteiger partial charge in [0.05, 0.1) is 29.5 Å². The second-order valence-electron chi connectivity index (χ2n) is 11.5. The van der Waals surface area contributed by atoms with Crippen molar-refractivity contribution in [2.45, 2.75) is 65.2 Å². The van der Waals surface area contributed by atoms with Crippen molar-refractivity contribution >= 4 is 28.5 Å². The summed E-state index contributed by atoms with van der Waals surface area (Å²) in [6.45, 7) is 5.45. The van der Waals surface area contributed by atoms with Crippen LogP contribution in [0.5, 0.6) is 11.6 Å². The van der Waals surface area contributed by atoms with Crippen LogP contribution >= 0.6 is 0 Å². The van der Waals surface area contributed by atoms with Gasteiger partial charge in [-0.05, 0) is 63.1 Å². The molecule has 2 aromatic carbocycles. The van der Waals surface area contributed by atoms with Crippen LogP contribution in [0.2, 0.25) is 0 Å². The van der Waals surface area contributed by atoms with E-state index in [2.05, 4.69) is 17.0 Å². The minimum Gasteiger partial charge on any atom is -0.478 e. The lowest BCUT2D eigenvalue weighted by atomic mass is 9.82. The van der Waals surface area contributed by atoms with E-state index in [4.69, 9.17) is 4.74 Å². The van der Waals surface area contributed by atoms with Crippen molar-refractivity contribution in [1.82, 2.24) is 14.8 Å². The SMILES string of the molecule is CC1CCC(C(=O)N(c2cc(F)c(Oc3ncc(Cn4ncc5ccccc54)cc3C(F)(F)F)cc2C(=O)O)C(C)C)CC1. The Morgan fingerprint density at radius 1 is 1.09 bits per heavy atom. The third-order valence-corrected chi connectivity index (χ3v) is 7.96. The van der Waals surface area contributed by atoms with Gasteiger partial charge in [0, 0.05) is 35.7 Å². The van der Waals surface area contributed by atoms with Crippen molar-refractivity contribution in [3.05, 3.63) is 77.4 Å². The predicted molar refractivity (Wildman–Crippen MR) is 155 cm³/mol. The van der Waals surface area contributed by atoms with Gasteiger partial charge >= 0.3 is 12.1 Å². The van der Waals surface area contributed by atoms with Gasteiger partial charge in [-0.1, -0.05) is 25.1 Å². The van der Waals surface area contributed by atoms with E-state index >= 15 is 4.39 Å². The first-order chi connectivity index (χ1) is 20.8. The van der Waals surface area contributed by atoms with Crippen LogP contribution < -0.4 is 9.64 Å². The summed E-state index contributed by atoms with van der Waals surface area (Å²) in [6, 6.07) is 9.17. The number of para-hydroxylation sites is 1. The molecule has 0 spiro atoms. The van der Waals surface area contributed by atoms with Gasteiger partial charge in [-0.3, -0.25) is 9.48 Å². The highest BCUT2D eigenvalue weighted by Gasteiger charge is 2.37. The number of anilines is 1. The Bertz CT molecular complexity index is 1690. The molecule has 4 aromatic rings. The van der Waals surface area contributed by atoms with Gasteiger partial charge in [0.2, 0.25) is 11.8 Å². The number of ether oxygens (including phenoxy) is 1. The normalized spacial score (nSPS) is 17.2. The maximum atomic E-state index is 15.5. The summed E-state index contributed by atoms with van der Waals surface area (Å²) in [5.41, 5.74) is -1.05. The van der Waals surface area contributed by atoms with Crippen molar-refractivity contribution in [1.29, 1.82) is 0 Å². The van der Waals surface area contributed by atoms with E-state index in [1.165, 1.54) is 9.58 Å². The highest BCUT2D eigenvalue weighted by atomic mass is 19.4. The molecular formula is C32H32F4N4O4. The summed E-state index contributed by atoms with van der Waals surface area (Å²) in [5, 5.41) is 15.1. The van der Waals surface area contributed by atoms with Crippen LogP contribution in [0.1, 0.15) is 67.9 Å². The highest BCUT2D eigenvalue weighted by Crippen LogP contribution is 2.40. The minimum absolute atomic E-state index is 0.0188. The molecule has 0 saturated heterocycles. The number of carboxylic acid groups (broad SMARTS) is 1. The smallest absolute Gasteiger partial charge is 0.421 e. The third kappa shape index (κ3) is 6.39. The summed E-state index contributed by atoms with van der Waals surface area (Å²) in [6.07, 6.45) is 0.801. The molecule has 8 nitrogen and oxygen atoms in total. The first-order valence-corrected chi connectivity index (χ1v) is 14.4. The number of carbonyl (C=O) groups is 2. The third-order valence-electron chi connectivity index (χ3n) is 7.96. The molecule has 232 valence electrons. The summed E-state index contributed by atoms with van der Waals surface area (Å²) >= 11 is 0. The predicted octanol–water partition coefficient (Wildman–Crippen LogP) is 7.70. The van der Waals surface area contributed by atoms with Gasteiger partial charge in [-0.15, -0.1) is 0 Å². The molecule has 0 bridgehead atoms. The lowest BCUT2D eigenvalue weighted by Gasteiger charge is -2.34. The zero-order chi connectivity index (χ0) is 31.8. The van der Waals surface area contributed by atoms with Crippen molar-refractivity contribution in [3.8, 4) is 11.6 Å². The Morgan fingerprint density at radius 3 is 2.45 bits per heavy atom. The fraction of sp³-hybridized carbons (Fsp3) is 0.375. The van der Waals surface area contributed by atoms with Gasteiger partial charge in [0.25, 0.3) is 0 Å². The first kappa shape index (κ1) is 31.0. The average Bonchev–Trinajstić information content (AvgIpc) is 3.37. The molecule has 2 aromatic heterocycles. The molecule has 1 amide bonds. The number of aromatic carboxylic acids is 1. The van der Waals surface area contributed by atoms with Gasteiger partial charge in [0.1, 0.15) is 5.56 Å². The van der Waals surface area contributed by atoms with Crippen LogP contribution in [-0.2, 0) is 17.5 Å². The van der Waals surface area contributed by atoms with E-state index in [0.717, 1.165) is 48.1 Å². The monoisotopic (exact) mass is 612 g/mol. The number of rotatable bonds is 8. The van der Waals surface area contributed by atoms with Crippen molar-refractivity contribution in [2.24, 2.45) is 11.8 Å². The Morgan fingerprint density at radius 2 is 1.80 bits per heavy atom. The number of amides is 1. The number of hydrogen-bond donors (Lipinski definition) is 1. The number of alkyl halides is 3. The van der Waals surface area contributed by atoms with E-state index < -0.39 is 46.8 Å². The van der Waals surface area contributed by atoms with Crippen LogP contribution in [0.4, 0.5) is 23.2 Å². The molecule has 44 heavy (non-hydrogen) atoms.